The summed E-state index contributed by atoms with van der Waals surface area (Å²) < 4.78 is 104. The number of fused-ring (bicyclic) bond motifs is 1. The van der Waals surface area contributed by atoms with Crippen LogP contribution in [0.4, 0.5) is 41.4 Å². The maximum absolute atomic E-state index is 13.3. The molecule has 0 bridgehead atoms. The minimum absolute atomic E-state index is 0.0449. The Balaban J connectivity index is 1.82. The number of ether oxygens (including phenoxy) is 3. The fraction of sp³-hybridized carbons (Fsp3) is 0.478. The number of carbonyl (C=O) groups excluding carboxylic acids is 1. The van der Waals surface area contributed by atoms with Crippen LogP contribution in [0.1, 0.15) is 40.6 Å². The summed E-state index contributed by atoms with van der Waals surface area (Å²) in [5, 5.41) is 5.86. The summed E-state index contributed by atoms with van der Waals surface area (Å²) in [6.45, 7) is -1.60. The first-order valence-electron chi connectivity index (χ1n) is 11.3. The predicted molar refractivity (Wildman–Crippen MR) is 131 cm³/mol. The molecule has 0 amide bonds. The molecule has 3 rings (SSSR count). The molecule has 2 N–H and O–H groups in total. The molecule has 1 aliphatic rings. The van der Waals surface area contributed by atoms with Gasteiger partial charge in [-0.3, -0.25) is 0 Å². The van der Waals surface area contributed by atoms with Crippen LogP contribution < -0.4 is 20.1 Å². The summed E-state index contributed by atoms with van der Waals surface area (Å²) in [6, 6.07) is 3.01. The number of thiocarbonyl (C=S) groups is 1. The molecule has 0 saturated heterocycles. The third-order valence-electron chi connectivity index (χ3n) is 5.17. The van der Waals surface area contributed by atoms with Crippen molar-refractivity contribution in [2.24, 2.45) is 0 Å². The zero-order chi connectivity index (χ0) is 28.1. The van der Waals surface area contributed by atoms with Crippen LogP contribution in [0.15, 0.2) is 18.2 Å². The van der Waals surface area contributed by atoms with Crippen LogP contribution in [-0.2, 0) is 17.6 Å². The van der Waals surface area contributed by atoms with E-state index in [2.05, 4.69) is 15.4 Å². The molecule has 2 aromatic rings. The van der Waals surface area contributed by atoms with Gasteiger partial charge in [0.05, 0.1) is 12.2 Å². The van der Waals surface area contributed by atoms with Gasteiger partial charge in [0.2, 0.25) is 0 Å². The molecule has 1 aromatic carbocycles. The highest BCUT2D eigenvalue weighted by Crippen LogP contribution is 2.39. The Morgan fingerprint density at radius 3 is 2.26 bits per heavy atom. The number of rotatable bonds is 10. The fourth-order valence-electron chi connectivity index (χ4n) is 3.56. The summed E-state index contributed by atoms with van der Waals surface area (Å²) in [5.41, 5.74) is 1.16. The van der Waals surface area contributed by atoms with E-state index in [1.54, 1.807) is 6.92 Å². The van der Waals surface area contributed by atoms with Crippen LogP contribution in [0.2, 0.25) is 0 Å². The molecule has 0 aliphatic heterocycles. The highest BCUT2D eigenvalue weighted by molar-refractivity contribution is 7.80. The summed E-state index contributed by atoms with van der Waals surface area (Å²) in [6.07, 6.45) is -5.40. The highest BCUT2D eigenvalue weighted by atomic mass is 32.1. The zero-order valence-electron chi connectivity index (χ0n) is 19.9. The van der Waals surface area contributed by atoms with Crippen LogP contribution in [0.3, 0.4) is 0 Å². The summed E-state index contributed by atoms with van der Waals surface area (Å²) in [5.74, 6) is -5.93. The van der Waals surface area contributed by atoms with E-state index < -0.39 is 49.2 Å². The van der Waals surface area contributed by atoms with E-state index in [4.69, 9.17) is 21.7 Å². The number of benzene rings is 1. The van der Waals surface area contributed by atoms with Crippen molar-refractivity contribution in [1.29, 1.82) is 0 Å². The minimum atomic E-state index is -4.70. The Labute approximate surface area is 222 Å². The molecule has 210 valence electrons. The first kappa shape index (κ1) is 29.7. The van der Waals surface area contributed by atoms with Gasteiger partial charge >= 0.3 is 24.5 Å². The van der Waals surface area contributed by atoms with Crippen LogP contribution in [0.25, 0.3) is 0 Å². The molecule has 0 fully saturated rings. The lowest BCUT2D eigenvalue weighted by atomic mass is 9.95. The first-order valence-corrected chi connectivity index (χ1v) is 12.5. The topological polar surface area (TPSA) is 68.8 Å². The highest BCUT2D eigenvalue weighted by Gasteiger charge is 2.41. The van der Waals surface area contributed by atoms with E-state index in [1.807, 2.05) is 0 Å². The van der Waals surface area contributed by atoms with Gasteiger partial charge in [0.15, 0.2) is 18.3 Å². The van der Waals surface area contributed by atoms with Gasteiger partial charge in [0.25, 0.3) is 0 Å². The SMILES string of the molecule is CCOC(=O)c1c(NC(=S)Nc2cc(OCC(F)(F)F)cc(OCC(F)(F)C(F)F)c2)sc2c1CCCC2. The number of aryl methyl sites for hydroxylation is 1. The van der Waals surface area contributed by atoms with E-state index >= 15 is 0 Å². The second-order valence-corrected chi connectivity index (χ2v) is 9.68. The number of hydrogen-bond donors (Lipinski definition) is 2. The maximum Gasteiger partial charge on any atom is 0.422 e. The molecule has 0 radical (unpaired) electrons. The number of halogens is 7. The average Bonchev–Trinajstić information content (AvgIpc) is 3.18. The zero-order valence-corrected chi connectivity index (χ0v) is 21.5. The molecular weight excluding hydrogens is 565 g/mol. The molecular formula is C23H23F7N2O4S2. The molecule has 0 saturated carbocycles. The van der Waals surface area contributed by atoms with E-state index in [1.165, 1.54) is 11.3 Å². The van der Waals surface area contributed by atoms with Crippen LogP contribution in [0, 0.1) is 0 Å². The Morgan fingerprint density at radius 1 is 1.03 bits per heavy atom. The van der Waals surface area contributed by atoms with Crippen molar-refractivity contribution >= 4 is 45.3 Å². The molecule has 1 aromatic heterocycles. The van der Waals surface area contributed by atoms with Gasteiger partial charge < -0.3 is 24.8 Å². The van der Waals surface area contributed by atoms with Gasteiger partial charge in [0, 0.05) is 28.8 Å². The lowest BCUT2D eigenvalue weighted by Crippen LogP contribution is -2.33. The van der Waals surface area contributed by atoms with Gasteiger partial charge in [-0.25, -0.2) is 13.6 Å². The summed E-state index contributed by atoms with van der Waals surface area (Å²) >= 11 is 6.61. The predicted octanol–water partition coefficient (Wildman–Crippen LogP) is 6.83. The fourth-order valence-corrected chi connectivity index (χ4v) is 5.12. The Hall–Kier alpha value is -2.81. The smallest absolute Gasteiger partial charge is 0.422 e. The minimum Gasteiger partial charge on any atom is -0.487 e. The molecule has 0 spiro atoms. The first-order chi connectivity index (χ1) is 17.8. The lowest BCUT2D eigenvalue weighted by Gasteiger charge is -2.18. The number of anilines is 2. The largest absolute Gasteiger partial charge is 0.487 e. The number of hydrogen-bond acceptors (Lipinski definition) is 6. The second kappa shape index (κ2) is 12.4. The van der Waals surface area contributed by atoms with Gasteiger partial charge in [-0.2, -0.15) is 22.0 Å². The van der Waals surface area contributed by atoms with Gasteiger partial charge in [0.1, 0.15) is 16.5 Å². The number of nitrogens with one attached hydrogen (secondary N) is 2. The van der Waals surface area contributed by atoms with Gasteiger partial charge in [-0.1, -0.05) is 0 Å². The van der Waals surface area contributed by atoms with Gasteiger partial charge in [-0.15, -0.1) is 11.3 Å². The Bertz CT molecular complexity index is 1160. The third-order valence-corrected chi connectivity index (χ3v) is 6.58. The van der Waals surface area contributed by atoms with Crippen LogP contribution in [-0.4, -0.2) is 49.4 Å². The molecule has 6 nitrogen and oxygen atoms in total. The molecule has 1 aliphatic carbocycles. The quantitative estimate of drug-likeness (QED) is 0.179. The van der Waals surface area contributed by atoms with Crippen LogP contribution in [0.5, 0.6) is 11.5 Å². The van der Waals surface area contributed by atoms with Crippen molar-refractivity contribution < 1.29 is 49.7 Å². The van der Waals surface area contributed by atoms with E-state index in [9.17, 15) is 35.5 Å². The van der Waals surface area contributed by atoms with Gasteiger partial charge in [-0.05, 0) is 50.4 Å². The maximum atomic E-state index is 13.3. The van der Waals surface area contributed by atoms with Crippen molar-refractivity contribution in [2.45, 2.75) is 51.1 Å². The van der Waals surface area contributed by atoms with E-state index in [0.717, 1.165) is 47.9 Å². The Kier molecular flexibility index (Phi) is 9.68. The number of carbonyl (C=O) groups is 1. The lowest BCUT2D eigenvalue weighted by molar-refractivity contribution is -0.153. The number of esters is 1. The van der Waals surface area contributed by atoms with E-state index in [0.29, 0.717) is 17.0 Å². The standard InChI is InChI=1S/C23H23F7N2O4S2/c1-2-34-19(33)17-15-5-3-4-6-16(15)38-18(17)32-21(37)31-12-7-13(35-10-22(26,27)20(24)25)9-14(8-12)36-11-23(28,29)30/h7-9,20H,2-6,10-11H2,1H3,(H2,31,32,37). The molecule has 15 heteroatoms. The monoisotopic (exact) mass is 588 g/mol. The third kappa shape index (κ3) is 8.09. The van der Waals surface area contributed by atoms with Crippen molar-refractivity contribution in [1.82, 2.24) is 0 Å². The second-order valence-electron chi connectivity index (χ2n) is 8.16. The summed E-state index contributed by atoms with van der Waals surface area (Å²) in [4.78, 5) is 13.6. The number of alkyl halides is 7. The van der Waals surface area contributed by atoms with Crippen molar-refractivity contribution in [2.75, 3.05) is 30.5 Å². The van der Waals surface area contributed by atoms with Crippen LogP contribution >= 0.6 is 23.6 Å². The Morgan fingerprint density at radius 2 is 1.66 bits per heavy atom. The summed E-state index contributed by atoms with van der Waals surface area (Å²) in [7, 11) is 0. The normalized spacial score (nSPS) is 13.6. The number of thiophene rings is 1. The average molecular weight is 589 g/mol. The van der Waals surface area contributed by atoms with E-state index in [-0.39, 0.29) is 17.4 Å². The van der Waals surface area contributed by atoms with Crippen molar-refractivity contribution in [3.8, 4) is 11.5 Å². The molecule has 0 atom stereocenters. The van der Waals surface area contributed by atoms with Crippen molar-refractivity contribution in [3.05, 3.63) is 34.2 Å². The van der Waals surface area contributed by atoms with Crippen molar-refractivity contribution in [3.63, 3.8) is 0 Å². The molecule has 1 heterocycles. The molecule has 38 heavy (non-hydrogen) atoms. The molecule has 0 unspecified atom stereocenters.